The van der Waals surface area contributed by atoms with E-state index < -0.39 is 0 Å². The molecule has 0 aliphatic rings. The van der Waals surface area contributed by atoms with Crippen LogP contribution in [0.3, 0.4) is 0 Å². The quantitative estimate of drug-likeness (QED) is 0.789. The van der Waals surface area contributed by atoms with Gasteiger partial charge in [0, 0.05) is 25.8 Å². The van der Waals surface area contributed by atoms with Gasteiger partial charge in [-0.25, -0.2) is 4.98 Å². The SMILES string of the molecule is CCOc1cc(NC(C)CCOC)nc(C)n1. The van der Waals surface area contributed by atoms with Crippen LogP contribution >= 0.6 is 0 Å². The zero-order chi connectivity index (χ0) is 12.7. The molecule has 17 heavy (non-hydrogen) atoms. The largest absolute Gasteiger partial charge is 0.478 e. The third-order valence-corrected chi connectivity index (χ3v) is 2.26. The van der Waals surface area contributed by atoms with E-state index in [1.807, 2.05) is 19.9 Å². The second kappa shape index (κ2) is 7.06. The number of hydrogen-bond donors (Lipinski definition) is 1. The summed E-state index contributed by atoms with van der Waals surface area (Å²) in [7, 11) is 1.70. The summed E-state index contributed by atoms with van der Waals surface area (Å²) in [6.45, 7) is 7.22. The summed E-state index contributed by atoms with van der Waals surface area (Å²) in [4.78, 5) is 8.52. The molecule has 0 saturated carbocycles. The molecule has 0 amide bonds. The fourth-order valence-corrected chi connectivity index (χ4v) is 1.46. The van der Waals surface area contributed by atoms with E-state index in [9.17, 15) is 0 Å². The maximum Gasteiger partial charge on any atom is 0.218 e. The minimum absolute atomic E-state index is 0.304. The summed E-state index contributed by atoms with van der Waals surface area (Å²) in [5.74, 6) is 2.11. The van der Waals surface area contributed by atoms with Crippen LogP contribution < -0.4 is 10.1 Å². The summed E-state index contributed by atoms with van der Waals surface area (Å²) < 4.78 is 10.4. The Labute approximate surface area is 103 Å². The first-order valence-corrected chi connectivity index (χ1v) is 5.89. The maximum absolute atomic E-state index is 5.37. The maximum atomic E-state index is 5.37. The van der Waals surface area contributed by atoms with Crippen molar-refractivity contribution < 1.29 is 9.47 Å². The van der Waals surface area contributed by atoms with Gasteiger partial charge in [0.2, 0.25) is 5.88 Å². The van der Waals surface area contributed by atoms with Gasteiger partial charge in [0.05, 0.1) is 6.61 Å². The van der Waals surface area contributed by atoms with Crippen molar-refractivity contribution >= 4 is 5.82 Å². The fourth-order valence-electron chi connectivity index (χ4n) is 1.46. The predicted octanol–water partition coefficient (Wildman–Crippen LogP) is 2.02. The number of anilines is 1. The number of nitrogens with one attached hydrogen (secondary N) is 1. The van der Waals surface area contributed by atoms with E-state index >= 15 is 0 Å². The Kier molecular flexibility index (Phi) is 5.69. The minimum Gasteiger partial charge on any atom is -0.478 e. The van der Waals surface area contributed by atoms with Crippen molar-refractivity contribution in [3.8, 4) is 5.88 Å². The van der Waals surface area contributed by atoms with Crippen LogP contribution in [0.15, 0.2) is 6.07 Å². The highest BCUT2D eigenvalue weighted by atomic mass is 16.5. The van der Waals surface area contributed by atoms with Gasteiger partial charge in [-0.2, -0.15) is 4.98 Å². The van der Waals surface area contributed by atoms with Crippen LogP contribution in [0.5, 0.6) is 5.88 Å². The third-order valence-electron chi connectivity index (χ3n) is 2.26. The number of ether oxygens (including phenoxy) is 2. The Morgan fingerprint density at radius 2 is 2.18 bits per heavy atom. The minimum atomic E-state index is 0.304. The van der Waals surface area contributed by atoms with Crippen LogP contribution in [-0.4, -0.2) is 36.3 Å². The van der Waals surface area contributed by atoms with E-state index in [1.54, 1.807) is 7.11 Å². The molecule has 1 unspecified atom stereocenters. The molecule has 0 aliphatic heterocycles. The molecule has 0 bridgehead atoms. The standard InChI is InChI=1S/C12H21N3O2/c1-5-17-12-8-11(14-10(3)15-12)13-9(2)6-7-16-4/h8-9H,5-7H2,1-4H3,(H,13,14,15). The van der Waals surface area contributed by atoms with Crippen LogP contribution in [-0.2, 0) is 4.74 Å². The van der Waals surface area contributed by atoms with Gasteiger partial charge in [0.25, 0.3) is 0 Å². The van der Waals surface area contributed by atoms with Crippen molar-refractivity contribution in [2.45, 2.75) is 33.2 Å². The Morgan fingerprint density at radius 3 is 2.82 bits per heavy atom. The van der Waals surface area contributed by atoms with Gasteiger partial charge in [0.1, 0.15) is 11.6 Å². The molecule has 1 atom stereocenters. The first-order valence-electron chi connectivity index (χ1n) is 5.89. The van der Waals surface area contributed by atoms with E-state index in [0.29, 0.717) is 24.4 Å². The molecule has 1 N–H and O–H groups in total. The lowest BCUT2D eigenvalue weighted by atomic mass is 10.2. The Morgan fingerprint density at radius 1 is 1.41 bits per heavy atom. The zero-order valence-electron chi connectivity index (χ0n) is 11.0. The van der Waals surface area contributed by atoms with Gasteiger partial charge in [-0.3, -0.25) is 0 Å². The molecule has 0 radical (unpaired) electrons. The Balaban J connectivity index is 2.63. The monoisotopic (exact) mass is 239 g/mol. The van der Waals surface area contributed by atoms with Gasteiger partial charge in [-0.05, 0) is 27.2 Å². The van der Waals surface area contributed by atoms with Crippen LogP contribution in [0.25, 0.3) is 0 Å². The number of rotatable bonds is 7. The van der Waals surface area contributed by atoms with Crippen LogP contribution in [0.2, 0.25) is 0 Å². The molecule has 1 rings (SSSR count). The number of hydrogen-bond acceptors (Lipinski definition) is 5. The van der Waals surface area contributed by atoms with Gasteiger partial charge in [-0.1, -0.05) is 0 Å². The number of aromatic nitrogens is 2. The van der Waals surface area contributed by atoms with Crippen LogP contribution in [0, 0.1) is 6.92 Å². The normalized spacial score (nSPS) is 12.2. The van der Waals surface area contributed by atoms with Crippen LogP contribution in [0.4, 0.5) is 5.82 Å². The molecule has 0 fully saturated rings. The molecule has 96 valence electrons. The van der Waals surface area contributed by atoms with E-state index in [0.717, 1.165) is 18.8 Å². The molecule has 5 heteroatoms. The Bertz CT molecular complexity index is 345. The smallest absolute Gasteiger partial charge is 0.218 e. The van der Waals surface area contributed by atoms with E-state index in [4.69, 9.17) is 9.47 Å². The summed E-state index contributed by atoms with van der Waals surface area (Å²) in [6, 6.07) is 2.12. The highest BCUT2D eigenvalue weighted by molar-refractivity contribution is 5.39. The molecule has 0 aromatic carbocycles. The molecule has 0 spiro atoms. The summed E-state index contributed by atoms with van der Waals surface area (Å²) in [5, 5.41) is 3.31. The summed E-state index contributed by atoms with van der Waals surface area (Å²) >= 11 is 0. The molecule has 5 nitrogen and oxygen atoms in total. The third kappa shape index (κ3) is 4.99. The fraction of sp³-hybridized carbons (Fsp3) is 0.667. The number of nitrogens with zero attached hydrogens (tertiary/aromatic N) is 2. The molecular weight excluding hydrogens is 218 g/mol. The molecule has 1 aromatic heterocycles. The molecule has 1 heterocycles. The first kappa shape index (κ1) is 13.7. The van der Waals surface area contributed by atoms with Crippen molar-refractivity contribution in [3.05, 3.63) is 11.9 Å². The highest BCUT2D eigenvalue weighted by Crippen LogP contribution is 2.14. The first-order chi connectivity index (χ1) is 8.15. The van der Waals surface area contributed by atoms with Crippen molar-refractivity contribution in [1.29, 1.82) is 0 Å². The summed E-state index contributed by atoms with van der Waals surface area (Å²) in [6.07, 6.45) is 0.934. The summed E-state index contributed by atoms with van der Waals surface area (Å²) in [5.41, 5.74) is 0. The van der Waals surface area contributed by atoms with E-state index in [1.165, 1.54) is 0 Å². The van der Waals surface area contributed by atoms with Crippen molar-refractivity contribution in [1.82, 2.24) is 9.97 Å². The average Bonchev–Trinajstić information content (AvgIpc) is 2.26. The highest BCUT2D eigenvalue weighted by Gasteiger charge is 2.06. The predicted molar refractivity (Wildman–Crippen MR) is 67.5 cm³/mol. The molecule has 0 aliphatic carbocycles. The molecular formula is C12H21N3O2. The second-order valence-corrected chi connectivity index (χ2v) is 3.90. The van der Waals surface area contributed by atoms with E-state index in [2.05, 4.69) is 22.2 Å². The number of methoxy groups -OCH3 is 1. The van der Waals surface area contributed by atoms with Gasteiger partial charge in [-0.15, -0.1) is 0 Å². The lowest BCUT2D eigenvalue weighted by Gasteiger charge is -2.14. The average molecular weight is 239 g/mol. The van der Waals surface area contributed by atoms with Crippen LogP contribution in [0.1, 0.15) is 26.1 Å². The topological polar surface area (TPSA) is 56.3 Å². The second-order valence-electron chi connectivity index (χ2n) is 3.90. The van der Waals surface area contributed by atoms with Crippen molar-refractivity contribution in [2.24, 2.45) is 0 Å². The Hall–Kier alpha value is -1.36. The van der Waals surface area contributed by atoms with Gasteiger partial charge < -0.3 is 14.8 Å². The zero-order valence-corrected chi connectivity index (χ0v) is 11.0. The van der Waals surface area contributed by atoms with Gasteiger partial charge >= 0.3 is 0 Å². The lowest BCUT2D eigenvalue weighted by Crippen LogP contribution is -2.18. The molecule has 0 saturated heterocycles. The van der Waals surface area contributed by atoms with E-state index in [-0.39, 0.29) is 0 Å². The van der Waals surface area contributed by atoms with Crippen molar-refractivity contribution in [3.63, 3.8) is 0 Å². The lowest BCUT2D eigenvalue weighted by molar-refractivity contribution is 0.191. The number of aryl methyl sites for hydroxylation is 1. The van der Waals surface area contributed by atoms with Crippen molar-refractivity contribution in [2.75, 3.05) is 25.6 Å². The van der Waals surface area contributed by atoms with Gasteiger partial charge in [0.15, 0.2) is 0 Å². The molecule has 1 aromatic rings.